The smallest absolute Gasteiger partial charge is 0.376 e. The third-order valence-electron chi connectivity index (χ3n) is 7.98. The molecule has 0 unspecified atom stereocenters. The molecule has 4 aromatic rings. The summed E-state index contributed by atoms with van der Waals surface area (Å²) >= 11 is 0. The lowest BCUT2D eigenvalue weighted by Gasteiger charge is -2.38. The molecule has 2 aliphatic heterocycles. The molecule has 0 saturated carbocycles. The summed E-state index contributed by atoms with van der Waals surface area (Å²) in [5.41, 5.74) is 0.255. The molecule has 242 valence electrons. The van der Waals surface area contributed by atoms with Crippen molar-refractivity contribution in [3.8, 4) is 11.8 Å². The van der Waals surface area contributed by atoms with E-state index in [1.54, 1.807) is 37.3 Å². The number of rotatable bonds is 6. The summed E-state index contributed by atoms with van der Waals surface area (Å²) in [6.45, 7) is 1.91. The van der Waals surface area contributed by atoms with Gasteiger partial charge in [0.1, 0.15) is 29.4 Å². The average molecular weight is 651 g/mol. The molecule has 0 spiro atoms. The fraction of sp³-hybridized carbons (Fsp3) is 0.290. The molecular formula is C31H26F4N8O4. The number of nitrogens with zero attached hydrogens (tertiary/aromatic N) is 7. The number of aromatic nitrogens is 4. The van der Waals surface area contributed by atoms with E-state index in [9.17, 15) is 37.2 Å². The minimum atomic E-state index is -4.88. The number of benzene rings is 2. The number of amides is 3. The molecule has 16 heteroatoms. The van der Waals surface area contributed by atoms with Gasteiger partial charge in [-0.3, -0.25) is 19.3 Å². The van der Waals surface area contributed by atoms with E-state index in [4.69, 9.17) is 4.74 Å². The Morgan fingerprint density at radius 2 is 1.81 bits per heavy atom. The molecule has 3 atom stereocenters. The number of ether oxygens (including phenoxy) is 1. The molecule has 47 heavy (non-hydrogen) atoms. The average Bonchev–Trinajstić information content (AvgIpc) is 3.73. The molecule has 1 saturated heterocycles. The second-order valence-corrected chi connectivity index (χ2v) is 10.7. The van der Waals surface area contributed by atoms with Crippen molar-refractivity contribution in [2.75, 3.05) is 31.2 Å². The van der Waals surface area contributed by atoms with Crippen LogP contribution < -0.4 is 10.2 Å². The highest BCUT2D eigenvalue weighted by Gasteiger charge is 2.48. The second-order valence-electron chi connectivity index (χ2n) is 10.7. The number of nitrogens with one attached hydrogen (secondary N) is 1. The first kappa shape index (κ1) is 31.4. The Morgan fingerprint density at radius 1 is 1.09 bits per heavy atom. The molecule has 2 aromatic heterocycles. The first-order chi connectivity index (χ1) is 22.5. The number of fused-ring (bicyclic) bond motifs is 1. The number of anilines is 1. The van der Waals surface area contributed by atoms with Crippen molar-refractivity contribution in [1.82, 2.24) is 29.8 Å². The van der Waals surface area contributed by atoms with Crippen LogP contribution in [0.2, 0.25) is 0 Å². The number of alkyl halides is 3. The summed E-state index contributed by atoms with van der Waals surface area (Å²) in [5, 5.41) is 20.3. The minimum Gasteiger partial charge on any atom is -0.376 e. The molecule has 3 amide bonds. The van der Waals surface area contributed by atoms with Crippen molar-refractivity contribution in [2.24, 2.45) is 0 Å². The van der Waals surface area contributed by atoms with Gasteiger partial charge in [0, 0.05) is 30.8 Å². The minimum absolute atomic E-state index is 0.0337. The number of likely N-dealkylation sites (N-methyl/N-ethyl adjacent to an activating group) is 1. The van der Waals surface area contributed by atoms with Crippen LogP contribution >= 0.6 is 0 Å². The van der Waals surface area contributed by atoms with Gasteiger partial charge >= 0.3 is 6.30 Å². The highest BCUT2D eigenvalue weighted by molar-refractivity contribution is 6.07. The van der Waals surface area contributed by atoms with Gasteiger partial charge in [-0.05, 0) is 42.8 Å². The number of morpholine rings is 1. The number of para-hydroxylation sites is 1. The van der Waals surface area contributed by atoms with E-state index >= 15 is 0 Å². The van der Waals surface area contributed by atoms with Crippen molar-refractivity contribution < 1.29 is 36.7 Å². The van der Waals surface area contributed by atoms with Gasteiger partial charge in [0.05, 0.1) is 25.0 Å². The number of carbonyl (C=O) groups is 3. The maximum atomic E-state index is 14.3. The van der Waals surface area contributed by atoms with Gasteiger partial charge in [0.25, 0.3) is 17.7 Å². The molecule has 0 radical (unpaired) electrons. The number of hydrogen-bond acceptors (Lipinski definition) is 7. The molecule has 2 aromatic carbocycles. The maximum Gasteiger partial charge on any atom is 0.504 e. The van der Waals surface area contributed by atoms with E-state index in [1.165, 1.54) is 26.6 Å². The molecule has 4 heterocycles. The predicted octanol–water partition coefficient (Wildman–Crippen LogP) is 3.35. The summed E-state index contributed by atoms with van der Waals surface area (Å²) in [6.07, 6.45) is -4.31. The van der Waals surface area contributed by atoms with Gasteiger partial charge in [0.15, 0.2) is 5.69 Å². The van der Waals surface area contributed by atoms with E-state index in [-0.39, 0.29) is 48.1 Å². The van der Waals surface area contributed by atoms with E-state index in [0.29, 0.717) is 17.4 Å². The van der Waals surface area contributed by atoms with Crippen molar-refractivity contribution in [1.29, 1.82) is 5.26 Å². The van der Waals surface area contributed by atoms with Crippen LogP contribution in [0.4, 0.5) is 23.4 Å². The maximum absolute atomic E-state index is 14.3. The molecule has 1 N–H and O–H groups in total. The summed E-state index contributed by atoms with van der Waals surface area (Å²) in [5.74, 6) is -3.94. The van der Waals surface area contributed by atoms with Gasteiger partial charge in [-0.25, -0.2) is 9.07 Å². The topological polar surface area (TPSA) is 138 Å². The summed E-state index contributed by atoms with van der Waals surface area (Å²) in [6, 6.07) is 14.2. The van der Waals surface area contributed by atoms with Crippen LogP contribution in [0.15, 0.2) is 66.9 Å². The largest absolute Gasteiger partial charge is 0.504 e. The zero-order valence-electron chi connectivity index (χ0n) is 24.7. The highest BCUT2D eigenvalue weighted by atomic mass is 19.4. The van der Waals surface area contributed by atoms with Crippen molar-refractivity contribution in [3.63, 3.8) is 0 Å². The Kier molecular flexibility index (Phi) is 8.24. The van der Waals surface area contributed by atoms with Crippen LogP contribution in [0.25, 0.3) is 5.69 Å². The first-order valence-corrected chi connectivity index (χ1v) is 14.5. The Hall–Kier alpha value is -5.56. The van der Waals surface area contributed by atoms with Gasteiger partial charge < -0.3 is 15.0 Å². The van der Waals surface area contributed by atoms with Gasteiger partial charge in [-0.15, -0.1) is 13.2 Å². The Labute approximate surface area is 264 Å². The third-order valence-corrected chi connectivity index (χ3v) is 7.98. The second kappa shape index (κ2) is 12.3. The van der Waals surface area contributed by atoms with Gasteiger partial charge in [-0.1, -0.05) is 30.3 Å². The number of halogens is 4. The van der Waals surface area contributed by atoms with Crippen LogP contribution in [0.3, 0.4) is 0 Å². The van der Waals surface area contributed by atoms with Crippen molar-refractivity contribution in [2.45, 2.75) is 31.2 Å². The van der Waals surface area contributed by atoms with E-state index < -0.39 is 53.5 Å². The van der Waals surface area contributed by atoms with E-state index in [0.717, 1.165) is 18.2 Å². The van der Waals surface area contributed by atoms with E-state index in [2.05, 4.69) is 21.6 Å². The Morgan fingerprint density at radius 3 is 2.45 bits per heavy atom. The third kappa shape index (κ3) is 5.69. The van der Waals surface area contributed by atoms with Crippen molar-refractivity contribution in [3.05, 3.63) is 95.2 Å². The van der Waals surface area contributed by atoms with Crippen LogP contribution in [-0.4, -0.2) is 80.6 Å². The molecule has 2 aliphatic rings. The number of carbonyl (C=O) groups excluding carboxylic acids is 3. The Bertz CT molecular complexity index is 1870. The first-order valence-electron chi connectivity index (χ1n) is 14.5. The summed E-state index contributed by atoms with van der Waals surface area (Å²) in [7, 11) is 0. The van der Waals surface area contributed by atoms with Crippen molar-refractivity contribution >= 4 is 23.5 Å². The molecule has 0 bridgehead atoms. The van der Waals surface area contributed by atoms with Crippen LogP contribution in [-0.2, 0) is 15.8 Å². The van der Waals surface area contributed by atoms with Crippen LogP contribution in [0.5, 0.6) is 0 Å². The standard InChI is InChI=1S/C31H26F4N8O4/c1-2-40-28-24(26(39-43(28)20-6-4-3-5-7-20)30(46)41-14-15-47-17-21(41)16-36)23(18-8-10-19(32)11-9-18)25(29(40)45)37-27(44)22-12-13-42(38-22)31(33,34)35/h3-13,21,23,25H,2,14-15,17H2,1H3,(H,37,44)/t21-,23+,25+/m1/s1. The molecule has 0 aliphatic carbocycles. The zero-order valence-corrected chi connectivity index (χ0v) is 24.7. The molecule has 1 fully saturated rings. The molecule has 12 nitrogen and oxygen atoms in total. The monoisotopic (exact) mass is 650 g/mol. The van der Waals surface area contributed by atoms with Crippen LogP contribution in [0, 0.1) is 17.1 Å². The SMILES string of the molecule is CCN1C(=O)[C@@H](NC(=O)c2ccn(C(F)(F)F)n2)[C@@H](c2ccc(F)cc2)c2c(C(=O)N3CCOC[C@H]3C#N)nn(-c3ccccc3)c21. The van der Waals surface area contributed by atoms with Gasteiger partial charge in [-0.2, -0.15) is 20.1 Å². The lowest BCUT2D eigenvalue weighted by molar-refractivity contribution is -0.212. The quantitative estimate of drug-likeness (QED) is 0.316. The normalized spacial score (nSPS) is 19.7. The summed E-state index contributed by atoms with van der Waals surface area (Å²) in [4.78, 5) is 44.6. The lowest BCUT2D eigenvalue weighted by atomic mass is 9.80. The Balaban J connectivity index is 1.56. The van der Waals surface area contributed by atoms with E-state index in [1.807, 2.05) is 0 Å². The summed E-state index contributed by atoms with van der Waals surface area (Å²) < 4.78 is 60.4. The lowest BCUT2D eigenvalue weighted by Crippen LogP contribution is -2.56. The zero-order chi connectivity index (χ0) is 33.5. The number of nitriles is 1. The number of hydrogen-bond donors (Lipinski definition) is 1. The van der Waals surface area contributed by atoms with Gasteiger partial charge in [0.2, 0.25) is 0 Å². The van der Waals surface area contributed by atoms with Crippen LogP contribution in [0.1, 0.15) is 44.9 Å². The molecule has 6 rings (SSSR count). The molecular weight excluding hydrogens is 624 g/mol. The predicted molar refractivity (Wildman–Crippen MR) is 156 cm³/mol. The fourth-order valence-electron chi connectivity index (χ4n) is 5.83. The fourth-order valence-corrected chi connectivity index (χ4v) is 5.83. The highest BCUT2D eigenvalue weighted by Crippen LogP contribution is 2.44.